The van der Waals surface area contributed by atoms with Gasteiger partial charge in [-0.05, 0) is 38.0 Å². The van der Waals surface area contributed by atoms with Crippen molar-refractivity contribution in [2.45, 2.75) is 45.7 Å². The summed E-state index contributed by atoms with van der Waals surface area (Å²) >= 11 is 0. The number of nitrogens with one attached hydrogen (secondary N) is 3. The van der Waals surface area contributed by atoms with E-state index in [9.17, 15) is 9.59 Å². The van der Waals surface area contributed by atoms with Gasteiger partial charge in [0.25, 0.3) is 11.8 Å². The number of quaternary nitrogens is 1. The second-order valence-electron chi connectivity index (χ2n) is 7.42. The molecule has 5 nitrogen and oxygen atoms in total. The summed E-state index contributed by atoms with van der Waals surface area (Å²) in [7, 11) is 1.87. The molecule has 0 saturated carbocycles. The van der Waals surface area contributed by atoms with Crippen molar-refractivity contribution >= 4 is 17.5 Å². The molecule has 5 heteroatoms. The normalized spacial score (nSPS) is 14.0. The molecule has 2 aromatic rings. The SMILES string of the molecule is CCC[C@H](NC(=O)[C@@H](C)[NH+](C)CC(=O)Nc1ccc(C)cc1)c1ccccc1. The molecule has 0 saturated heterocycles. The van der Waals surface area contributed by atoms with Crippen molar-refractivity contribution in [3.8, 4) is 0 Å². The van der Waals surface area contributed by atoms with Crippen LogP contribution in [0.5, 0.6) is 0 Å². The van der Waals surface area contributed by atoms with E-state index in [4.69, 9.17) is 0 Å². The maximum absolute atomic E-state index is 12.8. The zero-order chi connectivity index (χ0) is 20.5. The zero-order valence-electron chi connectivity index (χ0n) is 17.3. The minimum absolute atomic E-state index is 0.00432. The minimum atomic E-state index is -0.327. The molecule has 3 N–H and O–H groups in total. The molecule has 0 radical (unpaired) electrons. The number of carbonyl (C=O) groups excluding carboxylic acids is 2. The Morgan fingerprint density at radius 1 is 1.04 bits per heavy atom. The van der Waals surface area contributed by atoms with Crippen LogP contribution in [0.2, 0.25) is 0 Å². The van der Waals surface area contributed by atoms with Crippen molar-refractivity contribution in [2.24, 2.45) is 0 Å². The van der Waals surface area contributed by atoms with Crippen LogP contribution in [0.3, 0.4) is 0 Å². The van der Waals surface area contributed by atoms with Crippen LogP contribution in [-0.4, -0.2) is 31.4 Å². The number of aryl methyl sites for hydroxylation is 1. The van der Waals surface area contributed by atoms with Gasteiger partial charge in [-0.3, -0.25) is 9.59 Å². The van der Waals surface area contributed by atoms with Crippen LogP contribution in [0, 0.1) is 6.92 Å². The molecule has 0 aromatic heterocycles. The van der Waals surface area contributed by atoms with E-state index < -0.39 is 0 Å². The number of benzene rings is 2. The molecule has 150 valence electrons. The maximum Gasteiger partial charge on any atom is 0.279 e. The van der Waals surface area contributed by atoms with Gasteiger partial charge in [-0.2, -0.15) is 0 Å². The topological polar surface area (TPSA) is 62.6 Å². The molecule has 3 atom stereocenters. The molecule has 28 heavy (non-hydrogen) atoms. The molecule has 0 aliphatic carbocycles. The first-order chi connectivity index (χ1) is 13.4. The first-order valence-corrected chi connectivity index (χ1v) is 9.94. The van der Waals surface area contributed by atoms with Gasteiger partial charge in [0.15, 0.2) is 12.6 Å². The predicted molar refractivity (Wildman–Crippen MR) is 113 cm³/mol. The highest BCUT2D eigenvalue weighted by molar-refractivity contribution is 5.91. The number of anilines is 1. The van der Waals surface area contributed by atoms with Crippen molar-refractivity contribution in [1.82, 2.24) is 5.32 Å². The predicted octanol–water partition coefficient (Wildman–Crippen LogP) is 2.49. The molecule has 0 spiro atoms. The summed E-state index contributed by atoms with van der Waals surface area (Å²) in [6.07, 6.45) is 1.87. The van der Waals surface area contributed by atoms with Crippen LogP contribution in [0.4, 0.5) is 5.69 Å². The van der Waals surface area contributed by atoms with Crippen LogP contribution in [0.1, 0.15) is 43.9 Å². The second-order valence-corrected chi connectivity index (χ2v) is 7.42. The average Bonchev–Trinajstić information content (AvgIpc) is 2.69. The quantitative estimate of drug-likeness (QED) is 0.624. The summed E-state index contributed by atoms with van der Waals surface area (Å²) in [5.41, 5.74) is 3.03. The van der Waals surface area contributed by atoms with E-state index in [0.29, 0.717) is 0 Å². The molecular formula is C23H32N3O2+. The maximum atomic E-state index is 12.8. The molecule has 0 heterocycles. The fourth-order valence-corrected chi connectivity index (χ4v) is 3.07. The van der Waals surface area contributed by atoms with Crippen LogP contribution >= 0.6 is 0 Å². The Labute approximate surface area is 168 Å². The van der Waals surface area contributed by atoms with Gasteiger partial charge in [0.2, 0.25) is 0 Å². The molecule has 1 unspecified atom stereocenters. The highest BCUT2D eigenvalue weighted by atomic mass is 16.2. The van der Waals surface area contributed by atoms with Gasteiger partial charge in [0.05, 0.1) is 13.1 Å². The van der Waals surface area contributed by atoms with Gasteiger partial charge in [-0.15, -0.1) is 0 Å². The van der Waals surface area contributed by atoms with Crippen LogP contribution < -0.4 is 15.5 Å². The van der Waals surface area contributed by atoms with E-state index in [0.717, 1.165) is 34.6 Å². The largest absolute Gasteiger partial charge is 0.344 e. The van der Waals surface area contributed by atoms with Crippen LogP contribution in [0.25, 0.3) is 0 Å². The van der Waals surface area contributed by atoms with E-state index in [1.165, 1.54) is 0 Å². The Morgan fingerprint density at radius 2 is 1.68 bits per heavy atom. The van der Waals surface area contributed by atoms with E-state index >= 15 is 0 Å². The lowest BCUT2D eigenvalue weighted by Crippen LogP contribution is -3.15. The minimum Gasteiger partial charge on any atom is -0.344 e. The summed E-state index contributed by atoms with van der Waals surface area (Å²) in [6.45, 7) is 6.20. The Bertz CT molecular complexity index is 759. The summed E-state index contributed by atoms with van der Waals surface area (Å²) < 4.78 is 0. The van der Waals surface area contributed by atoms with Crippen molar-refractivity contribution in [3.05, 3.63) is 65.7 Å². The molecule has 2 aromatic carbocycles. The van der Waals surface area contributed by atoms with E-state index in [-0.39, 0.29) is 30.4 Å². The molecular weight excluding hydrogens is 350 g/mol. The first-order valence-electron chi connectivity index (χ1n) is 9.94. The number of amides is 2. The lowest BCUT2D eigenvalue weighted by Gasteiger charge is -2.24. The molecule has 0 fully saturated rings. The monoisotopic (exact) mass is 382 g/mol. The first kappa shape index (κ1) is 21.6. The van der Waals surface area contributed by atoms with Gasteiger partial charge < -0.3 is 15.5 Å². The third kappa shape index (κ3) is 6.50. The van der Waals surface area contributed by atoms with E-state index in [2.05, 4.69) is 17.6 Å². The third-order valence-corrected chi connectivity index (χ3v) is 5.00. The fourth-order valence-electron chi connectivity index (χ4n) is 3.07. The summed E-state index contributed by atoms with van der Waals surface area (Å²) in [5, 5.41) is 6.04. The van der Waals surface area contributed by atoms with Gasteiger partial charge >= 0.3 is 0 Å². The Hall–Kier alpha value is -2.66. The molecule has 2 rings (SSSR count). The Morgan fingerprint density at radius 3 is 2.29 bits per heavy atom. The number of likely N-dealkylation sites (N-methyl/N-ethyl adjacent to an activating group) is 1. The lowest BCUT2D eigenvalue weighted by molar-refractivity contribution is -0.885. The second kappa shape index (κ2) is 10.6. The molecule has 0 aliphatic rings. The van der Waals surface area contributed by atoms with Crippen molar-refractivity contribution in [1.29, 1.82) is 0 Å². The molecule has 0 aliphatic heterocycles. The van der Waals surface area contributed by atoms with E-state index in [1.807, 2.05) is 75.5 Å². The van der Waals surface area contributed by atoms with Crippen LogP contribution in [0.15, 0.2) is 54.6 Å². The fraction of sp³-hybridized carbons (Fsp3) is 0.391. The lowest BCUT2D eigenvalue weighted by atomic mass is 10.0. The summed E-state index contributed by atoms with van der Waals surface area (Å²) in [4.78, 5) is 25.9. The highest BCUT2D eigenvalue weighted by Gasteiger charge is 2.26. The average molecular weight is 383 g/mol. The zero-order valence-corrected chi connectivity index (χ0v) is 17.3. The summed E-state index contributed by atoms with van der Waals surface area (Å²) in [5.74, 6) is -0.142. The number of hydrogen-bond acceptors (Lipinski definition) is 2. The van der Waals surface area contributed by atoms with Crippen LogP contribution in [-0.2, 0) is 9.59 Å². The smallest absolute Gasteiger partial charge is 0.279 e. The Kier molecular flexibility index (Phi) is 8.20. The van der Waals surface area contributed by atoms with E-state index in [1.54, 1.807) is 0 Å². The number of hydrogen-bond donors (Lipinski definition) is 3. The van der Waals surface area contributed by atoms with Gasteiger partial charge in [0.1, 0.15) is 0 Å². The number of rotatable bonds is 9. The molecule has 2 amide bonds. The van der Waals surface area contributed by atoms with Crippen molar-refractivity contribution < 1.29 is 14.5 Å². The van der Waals surface area contributed by atoms with Crippen molar-refractivity contribution in [3.63, 3.8) is 0 Å². The van der Waals surface area contributed by atoms with Crippen molar-refractivity contribution in [2.75, 3.05) is 18.9 Å². The number of carbonyl (C=O) groups is 2. The van der Waals surface area contributed by atoms with Gasteiger partial charge in [0, 0.05) is 5.69 Å². The van der Waals surface area contributed by atoms with Gasteiger partial charge in [-0.1, -0.05) is 61.4 Å². The molecule has 0 bridgehead atoms. The Balaban J connectivity index is 1.91. The highest BCUT2D eigenvalue weighted by Crippen LogP contribution is 2.18. The third-order valence-electron chi connectivity index (χ3n) is 5.00. The standard InChI is InChI=1S/C23H31N3O2/c1-5-9-21(19-10-7-6-8-11-19)25-23(28)18(3)26(4)16-22(27)24-20-14-12-17(2)13-15-20/h6-8,10-15,18,21H,5,9,16H2,1-4H3,(H,24,27)(H,25,28)/p+1/t18-,21+/m1/s1. The summed E-state index contributed by atoms with van der Waals surface area (Å²) in [6, 6.07) is 17.4. The van der Waals surface area contributed by atoms with Gasteiger partial charge in [-0.25, -0.2) is 0 Å².